The SMILES string of the molecule is CCCn1c2ccccc2c2nnc(SCC(=O)Nc3ccc(OC)cc3)nc21. The van der Waals surface area contributed by atoms with Crippen LogP contribution in [0.3, 0.4) is 0 Å². The first kappa shape index (κ1) is 19.2. The average Bonchev–Trinajstić information content (AvgIpc) is 3.06. The number of aryl methyl sites for hydroxylation is 1. The van der Waals surface area contributed by atoms with Crippen LogP contribution in [0, 0.1) is 0 Å². The predicted octanol–water partition coefficient (Wildman–Crippen LogP) is 4.13. The smallest absolute Gasteiger partial charge is 0.234 e. The van der Waals surface area contributed by atoms with E-state index in [0.717, 1.165) is 40.8 Å². The zero-order valence-corrected chi connectivity index (χ0v) is 17.1. The molecule has 1 N–H and O–H groups in total. The summed E-state index contributed by atoms with van der Waals surface area (Å²) < 4.78 is 7.29. The number of anilines is 1. The Kier molecular flexibility index (Phi) is 5.62. The summed E-state index contributed by atoms with van der Waals surface area (Å²) in [6.07, 6.45) is 0.991. The molecule has 0 saturated carbocycles. The van der Waals surface area contributed by atoms with Crippen molar-refractivity contribution in [3.63, 3.8) is 0 Å². The number of rotatable bonds is 7. The van der Waals surface area contributed by atoms with E-state index in [1.165, 1.54) is 11.8 Å². The molecule has 0 aliphatic carbocycles. The summed E-state index contributed by atoms with van der Waals surface area (Å²) in [6, 6.07) is 15.3. The van der Waals surface area contributed by atoms with Crippen LogP contribution >= 0.6 is 11.8 Å². The molecule has 0 unspecified atom stereocenters. The van der Waals surface area contributed by atoms with Gasteiger partial charge in [0.2, 0.25) is 11.1 Å². The van der Waals surface area contributed by atoms with E-state index in [4.69, 9.17) is 4.74 Å². The van der Waals surface area contributed by atoms with E-state index in [9.17, 15) is 4.79 Å². The maximum Gasteiger partial charge on any atom is 0.234 e. The first-order valence-electron chi connectivity index (χ1n) is 9.38. The van der Waals surface area contributed by atoms with Crippen molar-refractivity contribution in [2.45, 2.75) is 25.0 Å². The third-order valence-corrected chi connectivity index (χ3v) is 5.35. The van der Waals surface area contributed by atoms with Crippen molar-refractivity contribution in [2.75, 3.05) is 18.2 Å². The number of thioether (sulfide) groups is 1. The van der Waals surface area contributed by atoms with Crippen molar-refractivity contribution in [1.82, 2.24) is 19.7 Å². The van der Waals surface area contributed by atoms with E-state index in [1.807, 2.05) is 18.2 Å². The van der Waals surface area contributed by atoms with Gasteiger partial charge in [-0.2, -0.15) is 0 Å². The van der Waals surface area contributed by atoms with Crippen LogP contribution in [0.2, 0.25) is 0 Å². The number of carbonyl (C=O) groups is 1. The van der Waals surface area contributed by atoms with Crippen molar-refractivity contribution in [1.29, 1.82) is 0 Å². The number of hydrogen-bond acceptors (Lipinski definition) is 6. The van der Waals surface area contributed by atoms with E-state index in [2.05, 4.69) is 38.1 Å². The fourth-order valence-electron chi connectivity index (χ4n) is 3.20. The number of nitrogens with one attached hydrogen (secondary N) is 1. The fourth-order valence-corrected chi connectivity index (χ4v) is 3.78. The van der Waals surface area contributed by atoms with Crippen LogP contribution in [0.5, 0.6) is 5.75 Å². The lowest BCUT2D eigenvalue weighted by Crippen LogP contribution is -2.14. The third kappa shape index (κ3) is 4.02. The molecule has 4 aromatic rings. The van der Waals surface area contributed by atoms with Crippen LogP contribution in [0.25, 0.3) is 22.1 Å². The molecule has 0 aliphatic rings. The monoisotopic (exact) mass is 407 g/mol. The number of nitrogens with zero attached hydrogens (tertiary/aromatic N) is 4. The summed E-state index contributed by atoms with van der Waals surface area (Å²) >= 11 is 1.27. The minimum Gasteiger partial charge on any atom is -0.497 e. The summed E-state index contributed by atoms with van der Waals surface area (Å²) in [5.41, 5.74) is 3.42. The van der Waals surface area contributed by atoms with Gasteiger partial charge in [-0.05, 0) is 36.8 Å². The number of methoxy groups -OCH3 is 1. The first-order valence-corrected chi connectivity index (χ1v) is 10.4. The van der Waals surface area contributed by atoms with Gasteiger partial charge < -0.3 is 14.6 Å². The number of amides is 1. The summed E-state index contributed by atoms with van der Waals surface area (Å²) in [7, 11) is 1.61. The second-order valence-electron chi connectivity index (χ2n) is 6.50. The van der Waals surface area contributed by atoms with Gasteiger partial charge in [0.05, 0.1) is 18.4 Å². The van der Waals surface area contributed by atoms with E-state index < -0.39 is 0 Å². The Morgan fingerprint density at radius 3 is 2.69 bits per heavy atom. The van der Waals surface area contributed by atoms with Gasteiger partial charge in [-0.1, -0.05) is 36.9 Å². The molecule has 0 atom stereocenters. The average molecular weight is 407 g/mol. The fraction of sp³-hybridized carbons (Fsp3) is 0.238. The Hall–Kier alpha value is -3.13. The Labute approximate surface area is 172 Å². The highest BCUT2D eigenvalue weighted by molar-refractivity contribution is 7.99. The molecule has 0 aliphatic heterocycles. The van der Waals surface area contributed by atoms with Gasteiger partial charge in [-0.25, -0.2) is 4.98 Å². The molecule has 0 fully saturated rings. The van der Waals surface area contributed by atoms with Crippen molar-refractivity contribution >= 4 is 45.4 Å². The summed E-state index contributed by atoms with van der Waals surface area (Å²) in [5.74, 6) is 0.818. The highest BCUT2D eigenvalue weighted by Gasteiger charge is 2.15. The molecule has 8 heteroatoms. The van der Waals surface area contributed by atoms with E-state index in [-0.39, 0.29) is 11.7 Å². The van der Waals surface area contributed by atoms with Crippen LogP contribution < -0.4 is 10.1 Å². The topological polar surface area (TPSA) is 81.9 Å². The van der Waals surface area contributed by atoms with Gasteiger partial charge in [0.1, 0.15) is 11.3 Å². The maximum absolute atomic E-state index is 12.3. The Morgan fingerprint density at radius 1 is 1.14 bits per heavy atom. The number of carbonyl (C=O) groups excluding carboxylic acids is 1. The molecular formula is C21H21N5O2S. The molecule has 2 aromatic heterocycles. The van der Waals surface area contributed by atoms with Gasteiger partial charge in [-0.15, -0.1) is 10.2 Å². The molecule has 0 bridgehead atoms. The highest BCUT2D eigenvalue weighted by Crippen LogP contribution is 2.27. The number of hydrogen-bond donors (Lipinski definition) is 1. The van der Waals surface area contributed by atoms with E-state index in [1.54, 1.807) is 31.4 Å². The van der Waals surface area contributed by atoms with Crippen molar-refractivity contribution in [2.24, 2.45) is 0 Å². The summed E-state index contributed by atoms with van der Waals surface area (Å²) in [4.78, 5) is 17.0. The number of ether oxygens (including phenoxy) is 1. The Bertz CT molecular complexity index is 1160. The highest BCUT2D eigenvalue weighted by atomic mass is 32.2. The maximum atomic E-state index is 12.3. The normalized spacial score (nSPS) is 11.1. The molecule has 0 radical (unpaired) electrons. The molecular weight excluding hydrogens is 386 g/mol. The zero-order valence-electron chi connectivity index (χ0n) is 16.3. The summed E-state index contributed by atoms with van der Waals surface area (Å²) in [6.45, 7) is 2.99. The standard InChI is InChI=1S/C21H21N5O2S/c1-3-12-26-17-7-5-4-6-16(17)19-20(26)23-21(25-24-19)29-13-18(27)22-14-8-10-15(28-2)11-9-14/h4-11H,3,12-13H2,1-2H3,(H,22,27). The van der Waals surface area contributed by atoms with Gasteiger partial charge in [0.15, 0.2) is 5.65 Å². The van der Waals surface area contributed by atoms with Crippen LogP contribution in [0.1, 0.15) is 13.3 Å². The van der Waals surface area contributed by atoms with Gasteiger partial charge >= 0.3 is 0 Å². The van der Waals surface area contributed by atoms with Crippen molar-refractivity contribution in [3.8, 4) is 5.75 Å². The number of fused-ring (bicyclic) bond motifs is 3. The van der Waals surface area contributed by atoms with Gasteiger partial charge in [0, 0.05) is 17.6 Å². The van der Waals surface area contributed by atoms with Gasteiger partial charge in [0.25, 0.3) is 0 Å². The minimum atomic E-state index is -0.127. The second-order valence-corrected chi connectivity index (χ2v) is 7.44. The number of aromatic nitrogens is 4. The predicted molar refractivity (Wildman–Crippen MR) is 115 cm³/mol. The molecule has 7 nitrogen and oxygen atoms in total. The lowest BCUT2D eigenvalue weighted by Gasteiger charge is -2.06. The van der Waals surface area contributed by atoms with Crippen molar-refractivity contribution in [3.05, 3.63) is 48.5 Å². The molecule has 2 heterocycles. The summed E-state index contributed by atoms with van der Waals surface area (Å²) in [5, 5.41) is 13.0. The zero-order chi connectivity index (χ0) is 20.2. The molecule has 0 spiro atoms. The van der Waals surface area contributed by atoms with Crippen LogP contribution in [0.15, 0.2) is 53.7 Å². The molecule has 29 heavy (non-hydrogen) atoms. The molecule has 0 saturated heterocycles. The first-order chi connectivity index (χ1) is 14.2. The molecule has 148 valence electrons. The Balaban J connectivity index is 1.51. The van der Waals surface area contributed by atoms with E-state index in [0.29, 0.717) is 10.8 Å². The number of benzene rings is 2. The van der Waals surface area contributed by atoms with Gasteiger partial charge in [-0.3, -0.25) is 4.79 Å². The second kappa shape index (κ2) is 8.48. The molecule has 2 aromatic carbocycles. The Morgan fingerprint density at radius 2 is 1.93 bits per heavy atom. The van der Waals surface area contributed by atoms with Crippen LogP contribution in [-0.2, 0) is 11.3 Å². The quantitative estimate of drug-likeness (QED) is 0.464. The molecule has 4 rings (SSSR count). The number of para-hydroxylation sites is 1. The largest absolute Gasteiger partial charge is 0.497 e. The lowest BCUT2D eigenvalue weighted by atomic mass is 10.2. The third-order valence-electron chi connectivity index (χ3n) is 4.51. The van der Waals surface area contributed by atoms with Crippen LogP contribution in [-0.4, -0.2) is 38.5 Å². The van der Waals surface area contributed by atoms with Crippen molar-refractivity contribution < 1.29 is 9.53 Å². The molecule has 1 amide bonds. The lowest BCUT2D eigenvalue weighted by molar-refractivity contribution is -0.113. The van der Waals surface area contributed by atoms with Crippen LogP contribution in [0.4, 0.5) is 5.69 Å². The van der Waals surface area contributed by atoms with E-state index >= 15 is 0 Å². The minimum absolute atomic E-state index is 0.127.